The van der Waals surface area contributed by atoms with Crippen LogP contribution in [0.2, 0.25) is 0 Å². The molecule has 1 amide bonds. The third-order valence-corrected chi connectivity index (χ3v) is 5.68. The zero-order valence-electron chi connectivity index (χ0n) is 20.1. The van der Waals surface area contributed by atoms with E-state index in [1.165, 1.54) is 6.26 Å². The largest absolute Gasteiger partial charge is 0.454 e. The summed E-state index contributed by atoms with van der Waals surface area (Å²) in [7, 11) is 0. The second kappa shape index (κ2) is 10.7. The fourth-order valence-electron chi connectivity index (χ4n) is 3.83. The van der Waals surface area contributed by atoms with Crippen LogP contribution in [0.25, 0.3) is 0 Å². The number of nitrogens with zero attached hydrogens (tertiary/aromatic N) is 3. The molecule has 2 N–H and O–H groups in total. The highest BCUT2D eigenvalue weighted by molar-refractivity contribution is 5.91. The first kappa shape index (κ1) is 24.5. The van der Waals surface area contributed by atoms with E-state index in [1.54, 1.807) is 0 Å². The number of aromatic nitrogens is 1. The minimum absolute atomic E-state index is 0.219. The number of nitrogens with one attached hydrogen (secondary N) is 1. The number of hydrogen-bond donors (Lipinski definition) is 2. The van der Waals surface area contributed by atoms with E-state index in [1.807, 2.05) is 39.0 Å². The minimum atomic E-state index is -0.503. The average Bonchev–Trinajstić information content (AvgIpc) is 3.46. The fraction of sp³-hybridized carbons (Fsp3) is 0.583. The maximum atomic E-state index is 12.5. The topological polar surface area (TPSA) is 110 Å². The smallest absolute Gasteiger partial charge is 0.273 e. The zero-order valence-corrected chi connectivity index (χ0v) is 20.1. The predicted molar refractivity (Wildman–Crippen MR) is 124 cm³/mol. The van der Waals surface area contributed by atoms with Gasteiger partial charge >= 0.3 is 0 Å². The second-order valence-corrected chi connectivity index (χ2v) is 9.65. The Kier molecular flexibility index (Phi) is 7.72. The van der Waals surface area contributed by atoms with Crippen LogP contribution in [-0.2, 0) is 17.8 Å². The third-order valence-electron chi connectivity index (χ3n) is 5.68. The molecule has 0 spiro atoms. The quantitative estimate of drug-likeness (QED) is 0.560. The number of piperazine rings is 1. The molecule has 2 aliphatic rings. The van der Waals surface area contributed by atoms with Gasteiger partial charge in [-0.2, -0.15) is 0 Å². The molecule has 2 aliphatic heterocycles. The molecule has 0 radical (unpaired) electrons. The van der Waals surface area contributed by atoms with Crippen molar-refractivity contribution in [3.63, 3.8) is 0 Å². The molecule has 0 aliphatic carbocycles. The molecule has 1 aromatic heterocycles. The molecule has 3 heterocycles. The van der Waals surface area contributed by atoms with Crippen molar-refractivity contribution < 1.29 is 28.5 Å². The van der Waals surface area contributed by atoms with E-state index in [0.717, 1.165) is 31.7 Å². The van der Waals surface area contributed by atoms with Gasteiger partial charge in [-0.15, -0.1) is 0 Å². The van der Waals surface area contributed by atoms with Crippen LogP contribution in [-0.4, -0.2) is 83.6 Å². The Morgan fingerprint density at radius 3 is 2.68 bits per heavy atom. The lowest BCUT2D eigenvalue weighted by molar-refractivity contribution is -0.0588. The highest BCUT2D eigenvalue weighted by Gasteiger charge is 2.22. The number of ether oxygens (including phenoxy) is 3. The third kappa shape index (κ3) is 6.92. The summed E-state index contributed by atoms with van der Waals surface area (Å²) in [6.45, 7) is 11.3. The van der Waals surface area contributed by atoms with Gasteiger partial charge in [-0.1, -0.05) is 6.07 Å². The Balaban J connectivity index is 1.18. The molecule has 1 fully saturated rings. The Morgan fingerprint density at radius 1 is 1.18 bits per heavy atom. The molecule has 186 valence electrons. The highest BCUT2D eigenvalue weighted by Crippen LogP contribution is 2.32. The van der Waals surface area contributed by atoms with Crippen LogP contribution in [0.5, 0.6) is 11.5 Å². The Morgan fingerprint density at radius 2 is 1.91 bits per heavy atom. The maximum Gasteiger partial charge on any atom is 0.273 e. The van der Waals surface area contributed by atoms with Gasteiger partial charge in [0.05, 0.1) is 24.9 Å². The number of hydrogen-bond acceptors (Lipinski definition) is 9. The first-order chi connectivity index (χ1) is 16.2. The summed E-state index contributed by atoms with van der Waals surface area (Å²) >= 11 is 0. The normalized spacial score (nSPS) is 17.6. The first-order valence-electron chi connectivity index (χ1n) is 11.6. The standard InChI is InChI=1S/C24H34N4O6/c1-24(2,3)34-14-18(29)12-27-6-8-28(9-7-27)13-22-26-19(15-31-22)23(30)25-11-17-4-5-20-21(10-17)33-16-32-20/h4-5,10,15,18,29H,6-9,11-14,16H2,1-3H3,(H,25,30). The number of β-amino-alcohol motifs (C(OH)–C–C–N with tert-alkyl or cyclic N) is 1. The number of oxazole rings is 1. The van der Waals surface area contributed by atoms with Crippen molar-refractivity contribution in [1.29, 1.82) is 0 Å². The number of carbonyl (C=O) groups excluding carboxylic acids is 1. The molecule has 34 heavy (non-hydrogen) atoms. The zero-order chi connectivity index (χ0) is 24.1. The van der Waals surface area contributed by atoms with Gasteiger partial charge in [-0.25, -0.2) is 4.98 Å². The van der Waals surface area contributed by atoms with E-state index in [2.05, 4.69) is 20.1 Å². The van der Waals surface area contributed by atoms with Crippen LogP contribution in [0.15, 0.2) is 28.9 Å². The summed E-state index contributed by atoms with van der Waals surface area (Å²) in [6, 6.07) is 5.57. The number of amides is 1. The summed E-state index contributed by atoms with van der Waals surface area (Å²) < 4.78 is 21.9. The molecule has 0 bridgehead atoms. The van der Waals surface area contributed by atoms with Gasteiger partial charge in [-0.3, -0.25) is 14.6 Å². The van der Waals surface area contributed by atoms with Gasteiger partial charge in [0.1, 0.15) is 6.26 Å². The fourth-order valence-corrected chi connectivity index (χ4v) is 3.83. The molecule has 2 aromatic rings. The molecular formula is C24H34N4O6. The Bertz CT molecular complexity index is 965. The van der Waals surface area contributed by atoms with Gasteiger partial charge in [0.2, 0.25) is 12.7 Å². The first-order valence-corrected chi connectivity index (χ1v) is 11.6. The van der Waals surface area contributed by atoms with E-state index >= 15 is 0 Å². The number of aliphatic hydroxyl groups excluding tert-OH is 1. The van der Waals surface area contributed by atoms with Crippen LogP contribution in [0, 0.1) is 0 Å². The maximum absolute atomic E-state index is 12.5. The van der Waals surface area contributed by atoms with Crippen LogP contribution >= 0.6 is 0 Å². The van der Waals surface area contributed by atoms with Crippen molar-refractivity contribution >= 4 is 5.91 Å². The number of benzene rings is 1. The Hall–Kier alpha value is -2.66. The van der Waals surface area contributed by atoms with Gasteiger partial charge < -0.3 is 29.1 Å². The molecule has 1 aromatic carbocycles. The van der Waals surface area contributed by atoms with Crippen LogP contribution < -0.4 is 14.8 Å². The summed E-state index contributed by atoms with van der Waals surface area (Å²) in [6.07, 6.45) is 0.892. The summed E-state index contributed by atoms with van der Waals surface area (Å²) in [5, 5.41) is 13.1. The highest BCUT2D eigenvalue weighted by atomic mass is 16.7. The number of carbonyl (C=O) groups is 1. The summed E-state index contributed by atoms with van der Waals surface area (Å²) in [5.41, 5.74) is 0.919. The number of rotatable bonds is 9. The molecule has 4 rings (SSSR count). The molecule has 0 saturated carbocycles. The van der Waals surface area contributed by atoms with Crippen molar-refractivity contribution in [3.05, 3.63) is 41.6 Å². The van der Waals surface area contributed by atoms with E-state index in [9.17, 15) is 9.90 Å². The van der Waals surface area contributed by atoms with E-state index in [0.29, 0.717) is 43.6 Å². The van der Waals surface area contributed by atoms with Crippen LogP contribution in [0.1, 0.15) is 42.7 Å². The molecule has 10 heteroatoms. The summed E-state index contributed by atoms with van der Waals surface area (Å²) in [5.74, 6) is 1.62. The van der Waals surface area contributed by atoms with Crippen molar-refractivity contribution in [1.82, 2.24) is 20.1 Å². The number of fused-ring (bicyclic) bond motifs is 1. The summed E-state index contributed by atoms with van der Waals surface area (Å²) in [4.78, 5) is 21.3. The lowest BCUT2D eigenvalue weighted by atomic mass is 10.2. The molecule has 10 nitrogen and oxygen atoms in total. The lowest BCUT2D eigenvalue weighted by Gasteiger charge is -2.35. The monoisotopic (exact) mass is 474 g/mol. The van der Waals surface area contributed by atoms with Crippen LogP contribution in [0.4, 0.5) is 0 Å². The van der Waals surface area contributed by atoms with Crippen LogP contribution in [0.3, 0.4) is 0 Å². The minimum Gasteiger partial charge on any atom is -0.454 e. The van der Waals surface area contributed by atoms with Crippen molar-refractivity contribution in [2.45, 2.75) is 45.6 Å². The van der Waals surface area contributed by atoms with Crippen molar-refractivity contribution in [3.8, 4) is 11.5 Å². The number of aliphatic hydroxyl groups is 1. The predicted octanol–water partition coefficient (Wildman–Crippen LogP) is 1.63. The second-order valence-electron chi connectivity index (χ2n) is 9.65. The van der Waals surface area contributed by atoms with E-state index in [-0.39, 0.29) is 24.0 Å². The van der Waals surface area contributed by atoms with Gasteiger partial charge in [-0.05, 0) is 38.5 Å². The SMILES string of the molecule is CC(C)(C)OCC(O)CN1CCN(Cc2nc(C(=O)NCc3ccc4c(c3)OCO4)co2)CC1. The van der Waals surface area contributed by atoms with Gasteiger partial charge in [0, 0.05) is 39.3 Å². The van der Waals surface area contributed by atoms with Gasteiger partial charge in [0.25, 0.3) is 5.91 Å². The lowest BCUT2D eigenvalue weighted by Crippen LogP contribution is -2.49. The molecule has 1 saturated heterocycles. The molecule has 1 unspecified atom stereocenters. The van der Waals surface area contributed by atoms with E-state index < -0.39 is 6.10 Å². The van der Waals surface area contributed by atoms with E-state index in [4.69, 9.17) is 18.6 Å². The van der Waals surface area contributed by atoms with Crippen molar-refractivity contribution in [2.24, 2.45) is 0 Å². The molecule has 1 atom stereocenters. The molecular weight excluding hydrogens is 440 g/mol. The van der Waals surface area contributed by atoms with Gasteiger partial charge in [0.15, 0.2) is 17.2 Å². The van der Waals surface area contributed by atoms with Crippen molar-refractivity contribution in [2.75, 3.05) is 46.1 Å². The Labute approximate surface area is 199 Å². The average molecular weight is 475 g/mol.